The Labute approximate surface area is 222 Å². The van der Waals surface area contributed by atoms with Crippen LogP contribution in [0.3, 0.4) is 0 Å². The highest BCUT2D eigenvalue weighted by Gasteiger charge is 2.38. The summed E-state index contributed by atoms with van der Waals surface area (Å²) in [5.74, 6) is -0.946. The monoisotopic (exact) mass is 529 g/mol. The molecule has 0 bridgehead atoms. The fourth-order valence-corrected chi connectivity index (χ4v) is 4.36. The van der Waals surface area contributed by atoms with E-state index in [2.05, 4.69) is 5.32 Å². The third-order valence-corrected chi connectivity index (χ3v) is 6.22. The van der Waals surface area contributed by atoms with E-state index in [0.717, 1.165) is 15.8 Å². The molecule has 2 aromatic heterocycles. The molecule has 0 radical (unpaired) electrons. The molecule has 1 saturated heterocycles. The smallest absolute Gasteiger partial charge is 0.373 e. The van der Waals surface area contributed by atoms with Gasteiger partial charge in [-0.2, -0.15) is 0 Å². The molecule has 11 nitrogen and oxygen atoms in total. The number of carbonyl (C=O) groups excluding carboxylic acids is 4. The van der Waals surface area contributed by atoms with Crippen LogP contribution in [0.5, 0.6) is 11.5 Å². The van der Waals surface area contributed by atoms with Crippen LogP contribution in [0.15, 0.2) is 70.8 Å². The van der Waals surface area contributed by atoms with E-state index in [1.807, 2.05) is 28.8 Å². The Kier molecular flexibility index (Phi) is 6.63. The average Bonchev–Trinajstić information content (AvgIpc) is 3.55. The number of anilines is 1. The summed E-state index contributed by atoms with van der Waals surface area (Å²) < 4.78 is 22.7. The molecule has 198 valence electrons. The number of nitrogens with one attached hydrogen (secondary N) is 1. The van der Waals surface area contributed by atoms with Gasteiger partial charge in [-0.15, -0.1) is 0 Å². The van der Waals surface area contributed by atoms with Crippen LogP contribution in [0.2, 0.25) is 0 Å². The summed E-state index contributed by atoms with van der Waals surface area (Å²) in [5, 5.41) is 2.99. The first-order valence-electron chi connectivity index (χ1n) is 11.7. The number of aromatic nitrogens is 1. The van der Waals surface area contributed by atoms with Crippen LogP contribution in [0.25, 0.3) is 17.0 Å². The van der Waals surface area contributed by atoms with Crippen molar-refractivity contribution in [2.24, 2.45) is 0 Å². The molecule has 0 unspecified atom stereocenters. The standard InChI is InChI=1S/C28H23N3O8/c1-36-17-8-10-22(24(13-17)37-2)31-26(33)20(25(32)29-28(31)35)12-16-14-30(21-7-5-4-6-19(16)21)15-18-9-11-23(39-18)27(34)38-3/h4-14H,15H2,1-3H3,(H,29,32,35)/b20-12+. The first-order chi connectivity index (χ1) is 18.8. The summed E-state index contributed by atoms with van der Waals surface area (Å²) in [4.78, 5) is 51.7. The number of urea groups is 1. The number of barbiturate groups is 1. The second-order valence-corrected chi connectivity index (χ2v) is 8.48. The Morgan fingerprint density at radius 2 is 1.79 bits per heavy atom. The number of carbonyl (C=O) groups is 4. The van der Waals surface area contributed by atoms with Crippen molar-refractivity contribution in [2.45, 2.75) is 6.54 Å². The first-order valence-corrected chi connectivity index (χ1v) is 11.7. The van der Waals surface area contributed by atoms with Gasteiger partial charge in [-0.05, 0) is 36.4 Å². The van der Waals surface area contributed by atoms with Gasteiger partial charge in [0, 0.05) is 28.7 Å². The molecule has 2 aromatic carbocycles. The maximum Gasteiger partial charge on any atom is 0.373 e. The summed E-state index contributed by atoms with van der Waals surface area (Å²) in [6, 6.07) is 14.3. The van der Waals surface area contributed by atoms with Crippen molar-refractivity contribution in [1.82, 2.24) is 9.88 Å². The number of rotatable bonds is 7. The Balaban J connectivity index is 1.54. The minimum atomic E-state index is -0.896. The van der Waals surface area contributed by atoms with Crippen LogP contribution in [-0.4, -0.2) is 49.7 Å². The normalized spacial score (nSPS) is 14.6. The lowest BCUT2D eigenvalue weighted by molar-refractivity contribution is -0.122. The molecule has 4 aromatic rings. The Morgan fingerprint density at radius 1 is 1.00 bits per heavy atom. The number of amides is 4. The molecule has 4 amide bonds. The molecular weight excluding hydrogens is 506 g/mol. The number of esters is 1. The van der Waals surface area contributed by atoms with E-state index in [1.165, 1.54) is 45.6 Å². The van der Waals surface area contributed by atoms with Crippen LogP contribution in [0, 0.1) is 0 Å². The molecule has 1 aliphatic rings. The van der Waals surface area contributed by atoms with E-state index in [1.54, 1.807) is 18.3 Å². The molecule has 3 heterocycles. The maximum absolute atomic E-state index is 13.5. The molecule has 0 aliphatic carbocycles. The Morgan fingerprint density at radius 3 is 2.54 bits per heavy atom. The summed E-state index contributed by atoms with van der Waals surface area (Å²) in [7, 11) is 4.15. The van der Waals surface area contributed by atoms with Crippen LogP contribution in [0.4, 0.5) is 10.5 Å². The fourth-order valence-electron chi connectivity index (χ4n) is 4.36. The van der Waals surface area contributed by atoms with Crippen molar-refractivity contribution in [3.8, 4) is 11.5 Å². The van der Waals surface area contributed by atoms with Crippen LogP contribution >= 0.6 is 0 Å². The molecule has 0 spiro atoms. The van der Waals surface area contributed by atoms with Gasteiger partial charge in [-0.25, -0.2) is 14.5 Å². The van der Waals surface area contributed by atoms with Gasteiger partial charge in [0.25, 0.3) is 11.8 Å². The van der Waals surface area contributed by atoms with Gasteiger partial charge in [0.2, 0.25) is 5.76 Å². The third kappa shape index (κ3) is 4.61. The number of furan rings is 1. The summed E-state index contributed by atoms with van der Waals surface area (Å²) >= 11 is 0. The van der Waals surface area contributed by atoms with E-state index >= 15 is 0 Å². The maximum atomic E-state index is 13.5. The lowest BCUT2D eigenvalue weighted by Crippen LogP contribution is -2.54. The summed E-state index contributed by atoms with van der Waals surface area (Å²) in [6.07, 6.45) is 3.20. The van der Waals surface area contributed by atoms with Gasteiger partial charge >= 0.3 is 12.0 Å². The zero-order valence-electron chi connectivity index (χ0n) is 21.2. The molecule has 11 heteroatoms. The van der Waals surface area contributed by atoms with Crippen molar-refractivity contribution in [3.05, 3.63) is 83.5 Å². The van der Waals surface area contributed by atoms with Gasteiger partial charge in [0.15, 0.2) is 0 Å². The number of benzene rings is 2. The van der Waals surface area contributed by atoms with Crippen molar-refractivity contribution in [3.63, 3.8) is 0 Å². The van der Waals surface area contributed by atoms with Crippen molar-refractivity contribution in [1.29, 1.82) is 0 Å². The number of methoxy groups -OCH3 is 3. The lowest BCUT2D eigenvalue weighted by Gasteiger charge is -2.27. The van der Waals surface area contributed by atoms with E-state index in [9.17, 15) is 19.2 Å². The fraction of sp³-hybridized carbons (Fsp3) is 0.143. The van der Waals surface area contributed by atoms with Gasteiger partial charge in [-0.3, -0.25) is 14.9 Å². The molecular formula is C28H23N3O8. The quantitative estimate of drug-likeness (QED) is 0.218. The summed E-state index contributed by atoms with van der Waals surface area (Å²) in [5.41, 5.74) is 1.29. The van der Waals surface area contributed by atoms with E-state index in [-0.39, 0.29) is 29.3 Å². The van der Waals surface area contributed by atoms with Gasteiger partial charge in [0.05, 0.1) is 33.6 Å². The summed E-state index contributed by atoms with van der Waals surface area (Å²) in [6.45, 7) is 0.272. The zero-order chi connectivity index (χ0) is 27.7. The number of nitrogens with zero attached hydrogens (tertiary/aromatic N) is 2. The van der Waals surface area contributed by atoms with E-state index in [0.29, 0.717) is 17.1 Å². The molecule has 39 heavy (non-hydrogen) atoms. The second kappa shape index (κ2) is 10.2. The van der Waals surface area contributed by atoms with Gasteiger partial charge in [0.1, 0.15) is 22.8 Å². The number of imide groups is 2. The second-order valence-electron chi connectivity index (χ2n) is 8.48. The SMILES string of the molecule is COC(=O)c1ccc(Cn2cc(/C=C3\C(=O)NC(=O)N(c4ccc(OC)cc4OC)C3=O)c3ccccc32)o1. The van der Waals surface area contributed by atoms with E-state index in [4.69, 9.17) is 18.6 Å². The minimum Gasteiger partial charge on any atom is -0.497 e. The van der Waals surface area contributed by atoms with Crippen LogP contribution in [0.1, 0.15) is 21.9 Å². The predicted octanol–water partition coefficient (Wildman–Crippen LogP) is 3.75. The first kappa shape index (κ1) is 25.3. The van der Waals surface area contributed by atoms with Crippen molar-refractivity contribution in [2.75, 3.05) is 26.2 Å². The third-order valence-electron chi connectivity index (χ3n) is 6.22. The van der Waals surface area contributed by atoms with E-state index < -0.39 is 23.8 Å². The molecule has 5 rings (SSSR count). The number of fused-ring (bicyclic) bond motifs is 1. The van der Waals surface area contributed by atoms with Crippen molar-refractivity contribution < 1.29 is 37.8 Å². The molecule has 0 atom stereocenters. The predicted molar refractivity (Wildman–Crippen MR) is 140 cm³/mol. The Hall–Kier alpha value is -5.32. The molecule has 0 saturated carbocycles. The van der Waals surface area contributed by atoms with Gasteiger partial charge in [-0.1, -0.05) is 18.2 Å². The highest BCUT2D eigenvalue weighted by molar-refractivity contribution is 6.39. The molecule has 1 N–H and O–H groups in total. The average molecular weight is 530 g/mol. The van der Waals surface area contributed by atoms with Crippen LogP contribution in [-0.2, 0) is 20.9 Å². The van der Waals surface area contributed by atoms with Crippen LogP contribution < -0.4 is 19.7 Å². The molecule has 1 fully saturated rings. The topological polar surface area (TPSA) is 129 Å². The Bertz CT molecular complexity index is 1660. The number of para-hydroxylation sites is 1. The molecule has 1 aliphatic heterocycles. The lowest BCUT2D eigenvalue weighted by atomic mass is 10.1. The number of hydrogen-bond donors (Lipinski definition) is 1. The highest BCUT2D eigenvalue weighted by atomic mass is 16.5. The number of ether oxygens (including phenoxy) is 3. The number of hydrogen-bond acceptors (Lipinski definition) is 8. The zero-order valence-corrected chi connectivity index (χ0v) is 21.2. The largest absolute Gasteiger partial charge is 0.497 e. The van der Waals surface area contributed by atoms with Gasteiger partial charge < -0.3 is 23.2 Å². The minimum absolute atomic E-state index is 0.0782. The van der Waals surface area contributed by atoms with Crippen molar-refractivity contribution >= 4 is 46.5 Å². The highest BCUT2D eigenvalue weighted by Crippen LogP contribution is 2.35.